The van der Waals surface area contributed by atoms with E-state index in [4.69, 9.17) is 9.47 Å². The Labute approximate surface area is 173 Å². The summed E-state index contributed by atoms with van der Waals surface area (Å²) in [5.74, 6) is 1.23. The molecule has 0 atom stereocenters. The predicted octanol–water partition coefficient (Wildman–Crippen LogP) is 4.00. The number of hydrogen-bond acceptors (Lipinski definition) is 4. The highest BCUT2D eigenvalue weighted by atomic mass is 16.5. The minimum atomic E-state index is -0.725. The molecule has 0 radical (unpaired) electrons. The maximum atomic E-state index is 12.9. The Morgan fingerprint density at radius 3 is 2.38 bits per heavy atom. The van der Waals surface area contributed by atoms with E-state index in [0.717, 1.165) is 51.6 Å². The van der Waals surface area contributed by atoms with E-state index in [1.54, 1.807) is 12.1 Å². The lowest BCUT2D eigenvalue weighted by Crippen LogP contribution is -2.48. The maximum Gasteiger partial charge on any atom is 0.260 e. The van der Waals surface area contributed by atoms with Gasteiger partial charge in [-0.05, 0) is 82.1 Å². The lowest BCUT2D eigenvalue weighted by molar-refractivity contribution is -0.146. The number of nitrogens with zero attached hydrogens (tertiary/aromatic N) is 1. The summed E-state index contributed by atoms with van der Waals surface area (Å²) in [7, 11) is 0. The standard InChI is InChI=1S/C23H34N2O4/c1-3-29-23(13-11-18(2)12-14-23)22(27)24-19-7-9-20(10-8-19)28-17-21(26)25-15-5-4-6-16-25/h7-10,18H,3-6,11-17H2,1-2H3,(H,24,27). The molecule has 6 heteroatoms. The minimum absolute atomic E-state index is 0.0345. The van der Waals surface area contributed by atoms with Gasteiger partial charge in [0, 0.05) is 25.4 Å². The zero-order chi connectivity index (χ0) is 20.7. The summed E-state index contributed by atoms with van der Waals surface area (Å²) in [5.41, 5.74) is -0.0143. The second-order valence-corrected chi connectivity index (χ2v) is 8.32. The van der Waals surface area contributed by atoms with E-state index in [1.165, 1.54) is 6.42 Å². The van der Waals surface area contributed by atoms with Gasteiger partial charge >= 0.3 is 0 Å². The van der Waals surface area contributed by atoms with Crippen LogP contribution >= 0.6 is 0 Å². The fourth-order valence-electron chi connectivity index (χ4n) is 4.20. The van der Waals surface area contributed by atoms with Crippen molar-refractivity contribution in [3.63, 3.8) is 0 Å². The van der Waals surface area contributed by atoms with Gasteiger partial charge in [-0.3, -0.25) is 9.59 Å². The van der Waals surface area contributed by atoms with Crippen LogP contribution in [-0.2, 0) is 14.3 Å². The summed E-state index contributed by atoms with van der Waals surface area (Å²) in [6.07, 6.45) is 6.86. The van der Waals surface area contributed by atoms with Gasteiger partial charge in [-0.25, -0.2) is 0 Å². The van der Waals surface area contributed by atoms with Gasteiger partial charge in [0.1, 0.15) is 11.4 Å². The van der Waals surface area contributed by atoms with Crippen LogP contribution in [0.3, 0.4) is 0 Å². The van der Waals surface area contributed by atoms with Gasteiger partial charge in [-0.2, -0.15) is 0 Å². The summed E-state index contributed by atoms with van der Waals surface area (Å²) >= 11 is 0. The highest BCUT2D eigenvalue weighted by Gasteiger charge is 2.41. The third kappa shape index (κ3) is 5.72. The molecule has 1 saturated heterocycles. The number of carbonyl (C=O) groups excluding carboxylic acids is 2. The fraction of sp³-hybridized carbons (Fsp3) is 0.652. The molecule has 1 aliphatic carbocycles. The normalized spacial score (nSPS) is 24.8. The van der Waals surface area contributed by atoms with E-state index in [9.17, 15) is 9.59 Å². The van der Waals surface area contributed by atoms with E-state index in [-0.39, 0.29) is 18.4 Å². The third-order valence-electron chi connectivity index (χ3n) is 6.10. The smallest absolute Gasteiger partial charge is 0.260 e. The molecule has 3 rings (SSSR count). The molecule has 1 N–H and O–H groups in total. The SMILES string of the molecule is CCOC1(C(=O)Nc2ccc(OCC(=O)N3CCCCC3)cc2)CCC(C)CC1. The number of likely N-dealkylation sites (tertiary alicyclic amines) is 1. The van der Waals surface area contributed by atoms with Crippen molar-refractivity contribution >= 4 is 17.5 Å². The van der Waals surface area contributed by atoms with Crippen LogP contribution < -0.4 is 10.1 Å². The predicted molar refractivity (Wildman–Crippen MR) is 113 cm³/mol. The highest BCUT2D eigenvalue weighted by molar-refractivity contribution is 5.97. The largest absolute Gasteiger partial charge is 0.484 e. The first-order chi connectivity index (χ1) is 14.0. The van der Waals surface area contributed by atoms with Crippen LogP contribution in [0.15, 0.2) is 24.3 Å². The van der Waals surface area contributed by atoms with Crippen LogP contribution in [0.5, 0.6) is 5.75 Å². The monoisotopic (exact) mass is 402 g/mol. The van der Waals surface area contributed by atoms with Crippen molar-refractivity contribution in [3.05, 3.63) is 24.3 Å². The Balaban J connectivity index is 1.52. The number of amides is 2. The first-order valence-electron chi connectivity index (χ1n) is 11.0. The van der Waals surface area contributed by atoms with Crippen LogP contribution in [-0.4, -0.2) is 48.6 Å². The van der Waals surface area contributed by atoms with Crippen molar-refractivity contribution in [3.8, 4) is 5.75 Å². The van der Waals surface area contributed by atoms with Crippen LogP contribution in [0.1, 0.15) is 58.8 Å². The number of ether oxygens (including phenoxy) is 2. The number of benzene rings is 1. The van der Waals surface area contributed by atoms with Crippen LogP contribution in [0.2, 0.25) is 0 Å². The summed E-state index contributed by atoms with van der Waals surface area (Å²) in [6.45, 7) is 6.39. The third-order valence-corrected chi connectivity index (χ3v) is 6.10. The number of rotatable bonds is 7. The minimum Gasteiger partial charge on any atom is -0.484 e. The van der Waals surface area contributed by atoms with Crippen molar-refractivity contribution in [2.24, 2.45) is 5.92 Å². The highest BCUT2D eigenvalue weighted by Crippen LogP contribution is 2.36. The van der Waals surface area contributed by atoms with Crippen molar-refractivity contribution in [1.29, 1.82) is 0 Å². The van der Waals surface area contributed by atoms with Crippen molar-refractivity contribution in [2.45, 2.75) is 64.4 Å². The number of nitrogens with one attached hydrogen (secondary N) is 1. The molecule has 1 saturated carbocycles. The number of carbonyl (C=O) groups is 2. The summed E-state index contributed by atoms with van der Waals surface area (Å²) in [5, 5.41) is 3.00. The Hall–Kier alpha value is -2.08. The molecule has 29 heavy (non-hydrogen) atoms. The van der Waals surface area contributed by atoms with Gasteiger partial charge < -0.3 is 19.7 Å². The maximum absolute atomic E-state index is 12.9. The molecule has 2 fully saturated rings. The lowest BCUT2D eigenvalue weighted by atomic mass is 9.78. The first kappa shape index (κ1) is 21.6. The number of anilines is 1. The average molecular weight is 403 g/mol. The molecule has 0 aromatic heterocycles. The van der Waals surface area contributed by atoms with E-state index < -0.39 is 5.60 Å². The molecule has 0 bridgehead atoms. The Kier molecular flexibility index (Phi) is 7.53. The molecule has 0 unspecified atom stereocenters. The van der Waals surface area contributed by atoms with E-state index in [2.05, 4.69) is 12.2 Å². The Morgan fingerprint density at radius 2 is 1.76 bits per heavy atom. The van der Waals surface area contributed by atoms with Crippen LogP contribution in [0.25, 0.3) is 0 Å². The van der Waals surface area contributed by atoms with E-state index in [0.29, 0.717) is 24.0 Å². The van der Waals surface area contributed by atoms with Crippen molar-refractivity contribution < 1.29 is 19.1 Å². The topological polar surface area (TPSA) is 67.9 Å². The van der Waals surface area contributed by atoms with Gasteiger partial charge in [0.05, 0.1) is 0 Å². The van der Waals surface area contributed by atoms with Gasteiger partial charge in [0.25, 0.3) is 11.8 Å². The molecular formula is C23H34N2O4. The quantitative estimate of drug-likeness (QED) is 0.748. The van der Waals surface area contributed by atoms with E-state index >= 15 is 0 Å². The average Bonchev–Trinajstić information content (AvgIpc) is 2.75. The number of hydrogen-bond donors (Lipinski definition) is 1. The molecule has 2 amide bonds. The van der Waals surface area contributed by atoms with Crippen molar-refractivity contribution in [2.75, 3.05) is 31.6 Å². The molecule has 0 spiro atoms. The summed E-state index contributed by atoms with van der Waals surface area (Å²) < 4.78 is 11.6. The zero-order valence-corrected chi connectivity index (χ0v) is 17.7. The van der Waals surface area contributed by atoms with Gasteiger partial charge in [0.15, 0.2) is 6.61 Å². The molecule has 1 aromatic rings. The molecule has 6 nitrogen and oxygen atoms in total. The fourth-order valence-corrected chi connectivity index (χ4v) is 4.20. The molecule has 1 heterocycles. The van der Waals surface area contributed by atoms with E-state index in [1.807, 2.05) is 24.0 Å². The molecule has 2 aliphatic rings. The number of piperidine rings is 1. The van der Waals surface area contributed by atoms with Crippen LogP contribution in [0.4, 0.5) is 5.69 Å². The zero-order valence-electron chi connectivity index (χ0n) is 17.7. The van der Waals surface area contributed by atoms with Gasteiger partial charge in [-0.15, -0.1) is 0 Å². The second kappa shape index (κ2) is 10.1. The molecule has 1 aromatic carbocycles. The molecule has 160 valence electrons. The lowest BCUT2D eigenvalue weighted by Gasteiger charge is -2.37. The molecule has 1 aliphatic heterocycles. The Bertz CT molecular complexity index is 675. The van der Waals surface area contributed by atoms with Gasteiger partial charge in [0.2, 0.25) is 0 Å². The van der Waals surface area contributed by atoms with Crippen molar-refractivity contribution in [1.82, 2.24) is 4.90 Å². The van der Waals surface area contributed by atoms with Crippen LogP contribution in [0, 0.1) is 5.92 Å². The Morgan fingerprint density at radius 1 is 1.10 bits per heavy atom. The first-order valence-corrected chi connectivity index (χ1v) is 11.0. The van der Waals surface area contributed by atoms with Gasteiger partial charge in [-0.1, -0.05) is 6.92 Å². The second-order valence-electron chi connectivity index (χ2n) is 8.32. The summed E-state index contributed by atoms with van der Waals surface area (Å²) in [4.78, 5) is 27.0. The molecular weight excluding hydrogens is 368 g/mol. The summed E-state index contributed by atoms with van der Waals surface area (Å²) in [6, 6.07) is 7.19.